The quantitative estimate of drug-likeness (QED) is 0.0344. The fourth-order valence-corrected chi connectivity index (χ4v) is 8.36. The molecule has 6 heteroatoms. The van der Waals surface area contributed by atoms with E-state index in [1.807, 2.05) is 0 Å². The number of rotatable bonds is 50. The molecule has 0 aromatic rings. The fourth-order valence-electron chi connectivity index (χ4n) is 8.36. The zero-order chi connectivity index (χ0) is 44.5. The van der Waals surface area contributed by atoms with Gasteiger partial charge in [0.1, 0.15) is 13.2 Å². The molecule has 0 radical (unpaired) electrons. The third-order valence-electron chi connectivity index (χ3n) is 12.9. The Morgan fingerprint density at radius 3 is 0.852 bits per heavy atom. The number of carbonyl (C=O) groups is 3. The van der Waals surface area contributed by atoms with Gasteiger partial charge in [-0.05, 0) is 25.2 Å². The van der Waals surface area contributed by atoms with E-state index in [4.69, 9.17) is 14.2 Å². The highest BCUT2D eigenvalue weighted by atomic mass is 16.6. The van der Waals surface area contributed by atoms with Gasteiger partial charge in [0.15, 0.2) is 6.10 Å². The lowest BCUT2D eigenvalue weighted by Gasteiger charge is -2.18. The third-order valence-corrected chi connectivity index (χ3v) is 12.9. The van der Waals surface area contributed by atoms with Crippen molar-refractivity contribution in [2.24, 2.45) is 5.92 Å². The first-order valence-corrected chi connectivity index (χ1v) is 27.4. The first-order chi connectivity index (χ1) is 29.9. The summed E-state index contributed by atoms with van der Waals surface area (Å²) in [7, 11) is 0. The molecule has 362 valence electrons. The van der Waals surface area contributed by atoms with Crippen molar-refractivity contribution in [3.05, 3.63) is 0 Å². The second kappa shape index (κ2) is 49.4. The monoisotopic (exact) mass is 863 g/mol. The van der Waals surface area contributed by atoms with E-state index in [9.17, 15) is 14.4 Å². The van der Waals surface area contributed by atoms with Crippen LogP contribution in [0.4, 0.5) is 0 Å². The summed E-state index contributed by atoms with van der Waals surface area (Å²) in [5, 5.41) is 0. The van der Waals surface area contributed by atoms with E-state index in [0.717, 1.165) is 63.7 Å². The van der Waals surface area contributed by atoms with E-state index in [2.05, 4.69) is 27.7 Å². The molecule has 0 saturated heterocycles. The second-order valence-electron chi connectivity index (χ2n) is 19.1. The first-order valence-electron chi connectivity index (χ1n) is 27.4. The van der Waals surface area contributed by atoms with Gasteiger partial charge in [-0.3, -0.25) is 14.4 Å². The molecule has 0 rings (SSSR count). The molecule has 0 spiro atoms. The Bertz CT molecular complexity index is 920. The maximum Gasteiger partial charge on any atom is 0.306 e. The predicted molar refractivity (Wildman–Crippen MR) is 261 cm³/mol. The van der Waals surface area contributed by atoms with Gasteiger partial charge in [-0.2, -0.15) is 0 Å². The number of carbonyl (C=O) groups excluding carboxylic acids is 3. The molecule has 61 heavy (non-hydrogen) atoms. The standard InChI is InChI=1S/C55H106O6/c1-5-8-10-12-14-16-18-20-21-22-23-24-25-26-28-30-35-39-43-47-54(57)60-50-52(61-55(58)48-44-40-36-32-31-33-37-41-45-51(4)7-3)49-59-53(56)46-42-38-34-29-27-19-17-15-13-11-9-6-2/h51-52H,5-50H2,1-4H3/t51?,52-/m1/s1. The van der Waals surface area contributed by atoms with E-state index in [1.54, 1.807) is 0 Å². The normalized spacial score (nSPS) is 12.4. The van der Waals surface area contributed by atoms with Gasteiger partial charge in [-0.15, -0.1) is 0 Å². The van der Waals surface area contributed by atoms with E-state index in [1.165, 1.54) is 205 Å². The number of hydrogen-bond acceptors (Lipinski definition) is 6. The van der Waals surface area contributed by atoms with Crippen LogP contribution >= 0.6 is 0 Å². The summed E-state index contributed by atoms with van der Waals surface area (Å²) in [6, 6.07) is 0. The predicted octanol–water partition coefficient (Wildman–Crippen LogP) is 17.8. The minimum absolute atomic E-state index is 0.0629. The Morgan fingerprint density at radius 1 is 0.328 bits per heavy atom. The van der Waals surface area contributed by atoms with Crippen LogP contribution in [0.1, 0.15) is 310 Å². The molecule has 0 aliphatic carbocycles. The Labute approximate surface area is 380 Å². The molecule has 0 bridgehead atoms. The van der Waals surface area contributed by atoms with Crippen molar-refractivity contribution in [3.63, 3.8) is 0 Å². The summed E-state index contributed by atoms with van der Waals surface area (Å²) in [6.07, 6.45) is 52.3. The summed E-state index contributed by atoms with van der Waals surface area (Å²) in [6.45, 7) is 9.04. The molecule has 0 aromatic carbocycles. The maximum atomic E-state index is 12.8. The largest absolute Gasteiger partial charge is 0.462 e. The van der Waals surface area contributed by atoms with Crippen molar-refractivity contribution in [3.8, 4) is 0 Å². The second-order valence-corrected chi connectivity index (χ2v) is 19.1. The summed E-state index contributed by atoms with van der Waals surface area (Å²) in [5.74, 6) is 0.00164. The van der Waals surface area contributed by atoms with Crippen LogP contribution in [-0.2, 0) is 28.6 Å². The van der Waals surface area contributed by atoms with Crippen LogP contribution in [0, 0.1) is 5.92 Å². The lowest BCUT2D eigenvalue weighted by atomic mass is 9.99. The van der Waals surface area contributed by atoms with E-state index >= 15 is 0 Å². The first kappa shape index (κ1) is 59.4. The van der Waals surface area contributed by atoms with Crippen LogP contribution in [0.15, 0.2) is 0 Å². The average molecular weight is 863 g/mol. The lowest BCUT2D eigenvalue weighted by Crippen LogP contribution is -2.30. The number of ether oxygens (including phenoxy) is 3. The molecule has 0 aliphatic rings. The van der Waals surface area contributed by atoms with E-state index in [-0.39, 0.29) is 31.1 Å². The minimum Gasteiger partial charge on any atom is -0.462 e. The van der Waals surface area contributed by atoms with Gasteiger partial charge in [0, 0.05) is 19.3 Å². The topological polar surface area (TPSA) is 78.9 Å². The zero-order valence-corrected chi connectivity index (χ0v) is 41.6. The lowest BCUT2D eigenvalue weighted by molar-refractivity contribution is -0.167. The van der Waals surface area contributed by atoms with Gasteiger partial charge in [-0.25, -0.2) is 0 Å². The van der Waals surface area contributed by atoms with Gasteiger partial charge in [0.25, 0.3) is 0 Å². The summed E-state index contributed by atoms with van der Waals surface area (Å²) >= 11 is 0. The Morgan fingerprint density at radius 2 is 0.574 bits per heavy atom. The maximum absolute atomic E-state index is 12.8. The van der Waals surface area contributed by atoms with Crippen molar-refractivity contribution in [2.45, 2.75) is 316 Å². The van der Waals surface area contributed by atoms with E-state index in [0.29, 0.717) is 19.3 Å². The Hall–Kier alpha value is -1.59. The Kier molecular flexibility index (Phi) is 48.1. The summed E-state index contributed by atoms with van der Waals surface area (Å²) in [4.78, 5) is 38.0. The number of hydrogen-bond donors (Lipinski definition) is 0. The highest BCUT2D eigenvalue weighted by Crippen LogP contribution is 2.18. The molecule has 0 fully saturated rings. The molecule has 6 nitrogen and oxygen atoms in total. The van der Waals surface area contributed by atoms with Gasteiger partial charge in [0.2, 0.25) is 0 Å². The van der Waals surface area contributed by atoms with Crippen molar-refractivity contribution < 1.29 is 28.6 Å². The minimum atomic E-state index is -0.761. The molecule has 0 amide bonds. The van der Waals surface area contributed by atoms with Crippen LogP contribution < -0.4 is 0 Å². The van der Waals surface area contributed by atoms with Crippen molar-refractivity contribution in [1.29, 1.82) is 0 Å². The molecule has 2 atom stereocenters. The van der Waals surface area contributed by atoms with Crippen molar-refractivity contribution in [2.75, 3.05) is 13.2 Å². The van der Waals surface area contributed by atoms with Gasteiger partial charge >= 0.3 is 17.9 Å². The van der Waals surface area contributed by atoms with Gasteiger partial charge in [-0.1, -0.05) is 272 Å². The molecule has 0 saturated carbocycles. The van der Waals surface area contributed by atoms with Gasteiger partial charge < -0.3 is 14.2 Å². The van der Waals surface area contributed by atoms with Crippen molar-refractivity contribution >= 4 is 17.9 Å². The zero-order valence-electron chi connectivity index (χ0n) is 41.6. The molecule has 0 aliphatic heterocycles. The fraction of sp³-hybridized carbons (Fsp3) is 0.945. The van der Waals surface area contributed by atoms with Crippen LogP contribution in [0.5, 0.6) is 0 Å². The molecular formula is C55H106O6. The van der Waals surface area contributed by atoms with Crippen LogP contribution in [0.2, 0.25) is 0 Å². The highest BCUT2D eigenvalue weighted by molar-refractivity contribution is 5.71. The summed E-state index contributed by atoms with van der Waals surface area (Å²) < 4.78 is 16.8. The SMILES string of the molecule is CCCCCCCCCCCCCCCCCCCCCC(=O)OC[C@@H](COC(=O)CCCCCCCCCCCCCC)OC(=O)CCCCCCCCCCC(C)CC. The smallest absolute Gasteiger partial charge is 0.306 e. The summed E-state index contributed by atoms with van der Waals surface area (Å²) in [5.41, 5.74) is 0. The van der Waals surface area contributed by atoms with E-state index < -0.39 is 6.10 Å². The van der Waals surface area contributed by atoms with Gasteiger partial charge in [0.05, 0.1) is 0 Å². The Balaban J connectivity index is 4.25. The molecule has 0 N–H and O–H groups in total. The number of unbranched alkanes of at least 4 members (excludes halogenated alkanes) is 36. The molecule has 1 unspecified atom stereocenters. The molecular weight excluding hydrogens is 757 g/mol. The third kappa shape index (κ3) is 47.7. The highest BCUT2D eigenvalue weighted by Gasteiger charge is 2.19. The average Bonchev–Trinajstić information content (AvgIpc) is 3.26. The van der Waals surface area contributed by atoms with Crippen LogP contribution in [0.25, 0.3) is 0 Å². The van der Waals surface area contributed by atoms with Crippen LogP contribution in [0.3, 0.4) is 0 Å². The molecule has 0 aromatic heterocycles. The number of esters is 3. The van der Waals surface area contributed by atoms with Crippen LogP contribution in [-0.4, -0.2) is 37.2 Å². The van der Waals surface area contributed by atoms with Crippen molar-refractivity contribution in [1.82, 2.24) is 0 Å². The molecule has 0 heterocycles.